The molecule has 1 atom stereocenters. The molecule has 0 spiro atoms. The fraction of sp³-hybridized carbons (Fsp3) is 0.286. The van der Waals surface area contributed by atoms with Crippen molar-refractivity contribution in [1.29, 1.82) is 5.26 Å². The lowest BCUT2D eigenvalue weighted by Crippen LogP contribution is -2.29. The molecule has 1 unspecified atom stereocenters. The van der Waals surface area contributed by atoms with E-state index in [1.165, 1.54) is 18.2 Å². The molecule has 0 fully saturated rings. The van der Waals surface area contributed by atoms with Crippen molar-refractivity contribution in [2.24, 2.45) is 0 Å². The van der Waals surface area contributed by atoms with Crippen LogP contribution in [-0.2, 0) is 13.1 Å². The Kier molecular flexibility index (Phi) is 4.26. The first-order valence-corrected chi connectivity index (χ1v) is 6.06. The van der Waals surface area contributed by atoms with E-state index in [1.54, 1.807) is 12.5 Å². The van der Waals surface area contributed by atoms with Gasteiger partial charge in [-0.1, -0.05) is 0 Å². The van der Waals surface area contributed by atoms with Gasteiger partial charge < -0.3 is 9.88 Å². The Bertz CT molecular complexity index is 572. The molecular formula is C14H15FN4. The highest BCUT2D eigenvalue weighted by Crippen LogP contribution is 2.10. The average Bonchev–Trinajstić information content (AvgIpc) is 2.89. The Balaban J connectivity index is 1.95. The predicted octanol–water partition coefficient (Wildman–Crippen LogP) is 2.07. The minimum Gasteiger partial charge on any atom is -0.336 e. The van der Waals surface area contributed by atoms with E-state index in [4.69, 9.17) is 5.26 Å². The number of nitriles is 1. The summed E-state index contributed by atoms with van der Waals surface area (Å²) in [4.78, 5) is 3.98. The van der Waals surface area contributed by atoms with Gasteiger partial charge in [-0.05, 0) is 30.7 Å². The molecule has 0 aliphatic rings. The number of benzene rings is 1. The number of hydrogen-bond donors (Lipinski definition) is 1. The van der Waals surface area contributed by atoms with E-state index in [1.807, 2.05) is 17.7 Å². The van der Waals surface area contributed by atoms with Crippen molar-refractivity contribution in [3.05, 3.63) is 53.9 Å². The summed E-state index contributed by atoms with van der Waals surface area (Å²) < 4.78 is 15.1. The minimum absolute atomic E-state index is 0.198. The standard InChI is InChI=1S/C14H15FN4/c1-11(9-19-5-4-17-10-19)18-8-13-6-14(15)3-2-12(13)7-16/h2-6,10-11,18H,8-9H2,1H3. The van der Waals surface area contributed by atoms with Crippen LogP contribution in [0.15, 0.2) is 36.9 Å². The van der Waals surface area contributed by atoms with Crippen LogP contribution < -0.4 is 5.32 Å². The predicted molar refractivity (Wildman–Crippen MR) is 69.6 cm³/mol. The largest absolute Gasteiger partial charge is 0.336 e. The number of aromatic nitrogens is 2. The van der Waals surface area contributed by atoms with Gasteiger partial charge in [-0.3, -0.25) is 0 Å². The topological polar surface area (TPSA) is 53.6 Å². The number of hydrogen-bond acceptors (Lipinski definition) is 3. The van der Waals surface area contributed by atoms with E-state index >= 15 is 0 Å². The second-order valence-electron chi connectivity index (χ2n) is 4.45. The molecule has 5 heteroatoms. The fourth-order valence-electron chi connectivity index (χ4n) is 1.88. The smallest absolute Gasteiger partial charge is 0.123 e. The zero-order chi connectivity index (χ0) is 13.7. The Hall–Kier alpha value is -2.19. The summed E-state index contributed by atoms with van der Waals surface area (Å²) in [5.41, 5.74) is 1.18. The first-order chi connectivity index (χ1) is 9.19. The highest BCUT2D eigenvalue weighted by atomic mass is 19.1. The molecule has 1 heterocycles. The van der Waals surface area contributed by atoms with Crippen molar-refractivity contribution in [3.8, 4) is 6.07 Å². The molecule has 0 saturated carbocycles. The summed E-state index contributed by atoms with van der Waals surface area (Å²) in [5.74, 6) is -0.321. The second-order valence-corrected chi connectivity index (χ2v) is 4.45. The average molecular weight is 258 g/mol. The van der Waals surface area contributed by atoms with Crippen LogP contribution in [0, 0.1) is 17.1 Å². The van der Waals surface area contributed by atoms with Gasteiger partial charge in [0.15, 0.2) is 0 Å². The maximum atomic E-state index is 13.2. The molecule has 0 amide bonds. The van der Waals surface area contributed by atoms with Crippen LogP contribution in [-0.4, -0.2) is 15.6 Å². The molecular weight excluding hydrogens is 243 g/mol. The molecule has 0 aliphatic heterocycles. The van der Waals surface area contributed by atoms with Gasteiger partial charge in [-0.25, -0.2) is 9.37 Å². The van der Waals surface area contributed by atoms with Crippen LogP contribution in [0.1, 0.15) is 18.1 Å². The van der Waals surface area contributed by atoms with E-state index in [0.29, 0.717) is 17.7 Å². The van der Waals surface area contributed by atoms with Crippen LogP contribution in [0.25, 0.3) is 0 Å². The lowest BCUT2D eigenvalue weighted by atomic mass is 10.1. The third kappa shape index (κ3) is 3.63. The Labute approximate surface area is 111 Å². The molecule has 0 aliphatic carbocycles. The summed E-state index contributed by atoms with van der Waals surface area (Å²) >= 11 is 0. The van der Waals surface area contributed by atoms with Crippen molar-refractivity contribution >= 4 is 0 Å². The van der Waals surface area contributed by atoms with Gasteiger partial charge >= 0.3 is 0 Å². The van der Waals surface area contributed by atoms with Gasteiger partial charge in [0, 0.05) is 31.5 Å². The zero-order valence-electron chi connectivity index (χ0n) is 10.7. The molecule has 0 saturated heterocycles. The number of imidazole rings is 1. The number of nitrogens with one attached hydrogen (secondary N) is 1. The van der Waals surface area contributed by atoms with E-state index in [9.17, 15) is 4.39 Å². The van der Waals surface area contributed by atoms with Gasteiger partial charge in [-0.15, -0.1) is 0 Å². The number of rotatable bonds is 5. The summed E-state index contributed by atoms with van der Waals surface area (Å²) in [6.45, 7) is 3.28. The van der Waals surface area contributed by atoms with E-state index < -0.39 is 0 Å². The van der Waals surface area contributed by atoms with E-state index in [0.717, 1.165) is 6.54 Å². The maximum absolute atomic E-state index is 13.2. The van der Waals surface area contributed by atoms with Crippen molar-refractivity contribution in [3.63, 3.8) is 0 Å². The lowest BCUT2D eigenvalue weighted by Gasteiger charge is -2.15. The molecule has 0 bridgehead atoms. The van der Waals surface area contributed by atoms with Crippen LogP contribution in [0.5, 0.6) is 0 Å². The Morgan fingerprint density at radius 1 is 1.53 bits per heavy atom. The Morgan fingerprint density at radius 3 is 3.05 bits per heavy atom. The van der Waals surface area contributed by atoms with Crippen LogP contribution in [0.3, 0.4) is 0 Å². The van der Waals surface area contributed by atoms with Crippen molar-refractivity contribution in [1.82, 2.24) is 14.9 Å². The fourth-order valence-corrected chi connectivity index (χ4v) is 1.88. The quantitative estimate of drug-likeness (QED) is 0.893. The molecule has 1 aromatic heterocycles. The highest BCUT2D eigenvalue weighted by molar-refractivity contribution is 5.37. The van der Waals surface area contributed by atoms with Gasteiger partial charge in [0.05, 0.1) is 18.0 Å². The normalized spacial score (nSPS) is 12.1. The number of nitrogens with zero attached hydrogens (tertiary/aromatic N) is 3. The molecule has 1 N–H and O–H groups in total. The van der Waals surface area contributed by atoms with Crippen LogP contribution in [0.4, 0.5) is 4.39 Å². The summed E-state index contributed by atoms with van der Waals surface area (Å²) in [5, 5.41) is 12.2. The van der Waals surface area contributed by atoms with Crippen molar-refractivity contribution < 1.29 is 4.39 Å². The maximum Gasteiger partial charge on any atom is 0.123 e. The van der Waals surface area contributed by atoms with Crippen LogP contribution in [0.2, 0.25) is 0 Å². The van der Waals surface area contributed by atoms with Crippen LogP contribution >= 0.6 is 0 Å². The van der Waals surface area contributed by atoms with Gasteiger partial charge in [0.25, 0.3) is 0 Å². The van der Waals surface area contributed by atoms with E-state index in [2.05, 4.69) is 16.4 Å². The number of halogens is 1. The molecule has 19 heavy (non-hydrogen) atoms. The molecule has 0 radical (unpaired) electrons. The van der Waals surface area contributed by atoms with Crippen molar-refractivity contribution in [2.45, 2.75) is 26.1 Å². The van der Waals surface area contributed by atoms with Gasteiger partial charge in [0.1, 0.15) is 5.82 Å². The molecule has 2 aromatic rings. The minimum atomic E-state index is -0.321. The second kappa shape index (κ2) is 6.12. The zero-order valence-corrected chi connectivity index (χ0v) is 10.7. The molecule has 1 aromatic carbocycles. The summed E-state index contributed by atoms with van der Waals surface area (Å²) in [6, 6.07) is 6.48. The third-order valence-electron chi connectivity index (χ3n) is 2.87. The third-order valence-corrected chi connectivity index (χ3v) is 2.87. The summed E-state index contributed by atoms with van der Waals surface area (Å²) in [6.07, 6.45) is 5.37. The van der Waals surface area contributed by atoms with E-state index in [-0.39, 0.29) is 11.9 Å². The first-order valence-electron chi connectivity index (χ1n) is 6.06. The van der Waals surface area contributed by atoms with Crippen molar-refractivity contribution in [2.75, 3.05) is 0 Å². The van der Waals surface area contributed by atoms with Gasteiger partial charge in [-0.2, -0.15) is 5.26 Å². The molecule has 4 nitrogen and oxygen atoms in total. The Morgan fingerprint density at radius 2 is 2.37 bits per heavy atom. The molecule has 2 rings (SSSR count). The first kappa shape index (κ1) is 13.2. The lowest BCUT2D eigenvalue weighted by molar-refractivity contribution is 0.475. The van der Waals surface area contributed by atoms with Gasteiger partial charge in [0.2, 0.25) is 0 Å². The SMILES string of the molecule is CC(Cn1ccnc1)NCc1cc(F)ccc1C#N. The summed E-state index contributed by atoms with van der Waals surface area (Å²) in [7, 11) is 0. The highest BCUT2D eigenvalue weighted by Gasteiger charge is 2.06. The molecule has 98 valence electrons. The monoisotopic (exact) mass is 258 g/mol.